The molecule has 2 unspecified atom stereocenters. The zero-order chi connectivity index (χ0) is 76.7. The van der Waals surface area contributed by atoms with Crippen LogP contribution in [0, 0.1) is 0 Å². The fourth-order valence-corrected chi connectivity index (χ4v) is 15.1. The Labute approximate surface area is 645 Å². The SMILES string of the molecule is CCCCCCCCCCCCCCCCCCCCCC(=O)OC[C@H](COP(=O)(O)OC[C@@H](O)COP(=O)(O)OC[C@@H](COC(=O)CCCCCCCCCCCC)OC(=O)CCCCCCCCCCCCCCCCCCC)OC(=O)CCCCCCCCCCCCCCCCCCCCC. The third-order valence-electron chi connectivity index (χ3n) is 20.4. The zero-order valence-corrected chi connectivity index (χ0v) is 70.5. The van der Waals surface area contributed by atoms with Gasteiger partial charge >= 0.3 is 39.5 Å². The number of unbranched alkanes of at least 4 members (excludes halogenated alkanes) is 61. The first-order valence-electron chi connectivity index (χ1n) is 44.8. The molecule has 0 bridgehead atoms. The summed E-state index contributed by atoms with van der Waals surface area (Å²) in [5.41, 5.74) is 0. The number of esters is 4. The maximum absolute atomic E-state index is 13.1. The van der Waals surface area contributed by atoms with Crippen LogP contribution < -0.4 is 0 Å². The summed E-state index contributed by atoms with van der Waals surface area (Å²) in [7, 11) is -9.92. The average molecular weight is 1540 g/mol. The Balaban J connectivity index is 5.22. The minimum absolute atomic E-state index is 0.109. The molecule has 0 rings (SSSR count). The highest BCUT2D eigenvalue weighted by Crippen LogP contribution is 2.45. The minimum Gasteiger partial charge on any atom is -0.462 e. The number of carbonyl (C=O) groups is 4. The smallest absolute Gasteiger partial charge is 0.462 e. The van der Waals surface area contributed by atoms with Gasteiger partial charge in [0, 0.05) is 25.7 Å². The van der Waals surface area contributed by atoms with E-state index in [1.807, 2.05) is 0 Å². The van der Waals surface area contributed by atoms with Crippen molar-refractivity contribution < 1.29 is 80.2 Å². The monoisotopic (exact) mass is 1540 g/mol. The lowest BCUT2D eigenvalue weighted by molar-refractivity contribution is -0.161. The van der Waals surface area contributed by atoms with Gasteiger partial charge in [0.1, 0.15) is 19.3 Å². The third-order valence-corrected chi connectivity index (χ3v) is 22.3. The molecular formula is C86H168O17P2. The molecule has 0 saturated carbocycles. The quantitative estimate of drug-likeness (QED) is 0.0222. The van der Waals surface area contributed by atoms with Crippen LogP contribution in [0.2, 0.25) is 0 Å². The second-order valence-electron chi connectivity index (χ2n) is 30.9. The van der Waals surface area contributed by atoms with Crippen molar-refractivity contribution in [2.45, 2.75) is 489 Å². The Hall–Kier alpha value is -1.94. The number of hydrogen-bond acceptors (Lipinski definition) is 15. The topological polar surface area (TPSA) is 237 Å². The highest BCUT2D eigenvalue weighted by atomic mass is 31.2. The van der Waals surface area contributed by atoms with Crippen LogP contribution in [0.3, 0.4) is 0 Å². The number of aliphatic hydroxyl groups excluding tert-OH is 1. The highest BCUT2D eigenvalue weighted by Gasteiger charge is 2.30. The molecule has 0 aliphatic rings. The van der Waals surface area contributed by atoms with Gasteiger partial charge in [-0.1, -0.05) is 419 Å². The maximum atomic E-state index is 13.1. The Bertz CT molecular complexity index is 1980. The molecule has 0 aromatic rings. The summed E-state index contributed by atoms with van der Waals surface area (Å²) in [5.74, 6) is -2.10. The second kappa shape index (κ2) is 80.1. The summed E-state index contributed by atoms with van der Waals surface area (Å²) in [6.07, 6.45) is 75.0. The van der Waals surface area contributed by atoms with E-state index in [1.165, 1.54) is 302 Å². The zero-order valence-electron chi connectivity index (χ0n) is 68.7. The molecule has 5 atom stereocenters. The van der Waals surface area contributed by atoms with Gasteiger partial charge in [0.05, 0.1) is 26.4 Å². The van der Waals surface area contributed by atoms with Crippen LogP contribution in [0.25, 0.3) is 0 Å². The lowest BCUT2D eigenvalue weighted by Gasteiger charge is -2.21. The molecule has 0 amide bonds. The fourth-order valence-electron chi connectivity index (χ4n) is 13.5. The Morgan fingerprint density at radius 3 is 0.562 bits per heavy atom. The summed E-state index contributed by atoms with van der Waals surface area (Å²) in [4.78, 5) is 73.2. The van der Waals surface area contributed by atoms with Crippen molar-refractivity contribution in [1.29, 1.82) is 0 Å². The molecule has 0 aliphatic carbocycles. The first-order valence-corrected chi connectivity index (χ1v) is 47.8. The maximum Gasteiger partial charge on any atom is 0.472 e. The highest BCUT2D eigenvalue weighted by molar-refractivity contribution is 7.47. The molecule has 0 saturated heterocycles. The van der Waals surface area contributed by atoms with Gasteiger partial charge in [-0.15, -0.1) is 0 Å². The van der Waals surface area contributed by atoms with E-state index in [1.54, 1.807) is 0 Å². The van der Waals surface area contributed by atoms with E-state index in [9.17, 15) is 43.2 Å². The van der Waals surface area contributed by atoms with Crippen LogP contribution >= 0.6 is 15.6 Å². The van der Waals surface area contributed by atoms with Crippen LogP contribution in [-0.2, 0) is 65.4 Å². The molecule has 17 nitrogen and oxygen atoms in total. The predicted molar refractivity (Wildman–Crippen MR) is 432 cm³/mol. The van der Waals surface area contributed by atoms with Gasteiger partial charge in [0.25, 0.3) is 0 Å². The van der Waals surface area contributed by atoms with E-state index in [0.717, 1.165) is 89.9 Å². The summed E-state index contributed by atoms with van der Waals surface area (Å²) in [5, 5.41) is 10.7. The molecular weight excluding hydrogens is 1370 g/mol. The molecule has 19 heteroatoms. The second-order valence-corrected chi connectivity index (χ2v) is 33.8. The van der Waals surface area contributed by atoms with Crippen LogP contribution in [0.5, 0.6) is 0 Å². The predicted octanol–water partition coefficient (Wildman–Crippen LogP) is 26.5. The summed E-state index contributed by atoms with van der Waals surface area (Å²) in [6, 6.07) is 0. The van der Waals surface area contributed by atoms with Gasteiger partial charge in [-0.3, -0.25) is 37.3 Å². The third kappa shape index (κ3) is 79.9. The molecule has 624 valence electrons. The van der Waals surface area contributed by atoms with E-state index >= 15 is 0 Å². The van der Waals surface area contributed by atoms with E-state index in [0.29, 0.717) is 25.7 Å². The number of phosphoric ester groups is 2. The Kier molecular flexibility index (Phi) is 78.6. The molecule has 0 spiro atoms. The number of hydrogen-bond donors (Lipinski definition) is 3. The normalized spacial score (nSPS) is 13.7. The molecule has 0 aromatic carbocycles. The molecule has 0 heterocycles. The van der Waals surface area contributed by atoms with Gasteiger partial charge in [0.2, 0.25) is 0 Å². The largest absolute Gasteiger partial charge is 0.472 e. The van der Waals surface area contributed by atoms with E-state index in [-0.39, 0.29) is 25.7 Å². The lowest BCUT2D eigenvalue weighted by atomic mass is 10.0. The van der Waals surface area contributed by atoms with Gasteiger partial charge < -0.3 is 33.8 Å². The number of aliphatic hydroxyl groups is 1. The molecule has 0 aliphatic heterocycles. The first kappa shape index (κ1) is 103. The van der Waals surface area contributed by atoms with Crippen molar-refractivity contribution in [3.8, 4) is 0 Å². The van der Waals surface area contributed by atoms with Crippen molar-refractivity contribution in [1.82, 2.24) is 0 Å². The van der Waals surface area contributed by atoms with Crippen LogP contribution in [0.1, 0.15) is 471 Å². The van der Waals surface area contributed by atoms with Crippen molar-refractivity contribution in [3.63, 3.8) is 0 Å². The van der Waals surface area contributed by atoms with Gasteiger partial charge in [0.15, 0.2) is 12.2 Å². The average Bonchev–Trinajstić information content (AvgIpc) is 0.909. The lowest BCUT2D eigenvalue weighted by Crippen LogP contribution is -2.30. The standard InChI is InChI=1S/C86H168O17P2/c1-5-9-13-17-21-25-29-32-35-38-40-43-45-48-51-55-59-63-67-71-84(89)97-77-82(103-86(91)73-69-65-61-57-53-50-47-44-41-39-36-33-30-26-22-18-14-10-6-2)79-101-105(94,95)99-75-80(87)74-98-104(92,93)100-78-81(76-96-83(88)70-66-62-58-54-28-24-20-16-12-8-4)102-85(90)72-68-64-60-56-52-49-46-42-37-34-31-27-23-19-15-11-7-3/h80-82,87H,5-79H2,1-4H3,(H,92,93)(H,94,95)/t80-,81+,82+/m0/s1. The molecule has 0 fully saturated rings. The van der Waals surface area contributed by atoms with Gasteiger partial charge in [-0.2, -0.15) is 0 Å². The molecule has 0 radical (unpaired) electrons. The fraction of sp³-hybridized carbons (Fsp3) is 0.953. The Morgan fingerprint density at radius 1 is 0.229 bits per heavy atom. The van der Waals surface area contributed by atoms with Crippen molar-refractivity contribution >= 4 is 39.5 Å². The Morgan fingerprint density at radius 2 is 0.381 bits per heavy atom. The molecule has 0 aromatic heterocycles. The van der Waals surface area contributed by atoms with Crippen LogP contribution in [0.4, 0.5) is 0 Å². The minimum atomic E-state index is -4.96. The van der Waals surface area contributed by atoms with E-state index in [2.05, 4.69) is 27.7 Å². The molecule has 3 N–H and O–H groups in total. The van der Waals surface area contributed by atoms with Crippen LogP contribution in [-0.4, -0.2) is 96.7 Å². The van der Waals surface area contributed by atoms with Crippen LogP contribution in [0.15, 0.2) is 0 Å². The summed E-state index contributed by atoms with van der Waals surface area (Å²) in [6.45, 7) is 5.06. The van der Waals surface area contributed by atoms with E-state index in [4.69, 9.17) is 37.0 Å². The number of rotatable bonds is 87. The summed E-state index contributed by atoms with van der Waals surface area (Å²) < 4.78 is 68.9. The van der Waals surface area contributed by atoms with Crippen molar-refractivity contribution in [3.05, 3.63) is 0 Å². The summed E-state index contributed by atoms with van der Waals surface area (Å²) >= 11 is 0. The van der Waals surface area contributed by atoms with Gasteiger partial charge in [-0.05, 0) is 25.7 Å². The first-order chi connectivity index (χ1) is 51.2. The van der Waals surface area contributed by atoms with Gasteiger partial charge in [-0.25, -0.2) is 9.13 Å². The van der Waals surface area contributed by atoms with E-state index < -0.39 is 97.5 Å². The number of carbonyl (C=O) groups excluding carboxylic acids is 4. The van der Waals surface area contributed by atoms with Crippen molar-refractivity contribution in [2.75, 3.05) is 39.6 Å². The number of ether oxygens (including phenoxy) is 4. The van der Waals surface area contributed by atoms with Crippen molar-refractivity contribution in [2.24, 2.45) is 0 Å². The molecule has 105 heavy (non-hydrogen) atoms. The number of phosphoric acid groups is 2.